The van der Waals surface area contributed by atoms with Crippen LogP contribution >= 0.6 is 11.6 Å². The number of aliphatic hydroxyl groups is 1. The minimum Gasteiger partial charge on any atom is -0.507 e. The van der Waals surface area contributed by atoms with Gasteiger partial charge < -0.3 is 5.11 Å². The van der Waals surface area contributed by atoms with Gasteiger partial charge in [0.1, 0.15) is 17.6 Å². The van der Waals surface area contributed by atoms with Crippen LogP contribution in [0.1, 0.15) is 22.9 Å². The first-order chi connectivity index (χ1) is 14.4. The number of anilines is 1. The summed E-state index contributed by atoms with van der Waals surface area (Å²) in [5.74, 6) is -2.54. The van der Waals surface area contributed by atoms with E-state index in [4.69, 9.17) is 11.6 Å². The number of hydrogen-bond donors (Lipinski definition) is 1. The molecule has 0 radical (unpaired) electrons. The number of carbonyl (C=O) groups excluding carboxylic acids is 2. The molecule has 150 valence electrons. The van der Waals surface area contributed by atoms with Crippen molar-refractivity contribution in [3.8, 4) is 0 Å². The predicted molar refractivity (Wildman–Crippen MR) is 112 cm³/mol. The van der Waals surface area contributed by atoms with Crippen LogP contribution in [0.5, 0.6) is 0 Å². The summed E-state index contributed by atoms with van der Waals surface area (Å²) < 4.78 is 13.3. The lowest BCUT2D eigenvalue weighted by atomic mass is 9.98. The molecule has 1 fully saturated rings. The molecule has 30 heavy (non-hydrogen) atoms. The van der Waals surface area contributed by atoms with E-state index in [2.05, 4.69) is 4.98 Å². The molecule has 0 aliphatic carbocycles. The van der Waals surface area contributed by atoms with Crippen LogP contribution in [0.2, 0.25) is 5.02 Å². The average molecular weight is 423 g/mol. The summed E-state index contributed by atoms with van der Waals surface area (Å²) in [5.41, 5.74) is 1.67. The quantitative estimate of drug-likeness (QED) is 0.373. The van der Waals surface area contributed by atoms with Crippen molar-refractivity contribution in [2.45, 2.75) is 13.0 Å². The third-order valence-electron chi connectivity index (χ3n) is 4.96. The first-order valence-electron chi connectivity index (χ1n) is 9.12. The van der Waals surface area contributed by atoms with Crippen molar-refractivity contribution in [3.05, 3.63) is 100 Å². The topological polar surface area (TPSA) is 70.5 Å². The van der Waals surface area contributed by atoms with Gasteiger partial charge in [0.15, 0.2) is 0 Å². The number of ketones is 1. The highest BCUT2D eigenvalue weighted by Crippen LogP contribution is 2.42. The Morgan fingerprint density at radius 1 is 1.10 bits per heavy atom. The summed E-state index contributed by atoms with van der Waals surface area (Å²) in [5, 5.41) is 11.3. The molecule has 1 saturated heterocycles. The van der Waals surface area contributed by atoms with E-state index in [1.165, 1.54) is 35.4 Å². The summed E-state index contributed by atoms with van der Waals surface area (Å²) in [6, 6.07) is 14.2. The van der Waals surface area contributed by atoms with Crippen LogP contribution in [0.15, 0.2) is 72.4 Å². The zero-order valence-electron chi connectivity index (χ0n) is 15.8. The molecule has 1 amide bonds. The number of amides is 1. The van der Waals surface area contributed by atoms with Gasteiger partial charge in [-0.1, -0.05) is 23.7 Å². The van der Waals surface area contributed by atoms with Crippen LogP contribution in [-0.4, -0.2) is 21.8 Å². The summed E-state index contributed by atoms with van der Waals surface area (Å²) in [4.78, 5) is 31.7. The number of Topliss-reactive ketones (excluding diaryl/α,β-unsaturated/α-hetero) is 1. The molecule has 1 aromatic heterocycles. The molecule has 1 aliphatic rings. The number of nitrogens with zero attached hydrogens (tertiary/aromatic N) is 2. The number of aromatic nitrogens is 1. The molecule has 3 aromatic rings. The van der Waals surface area contributed by atoms with Crippen molar-refractivity contribution >= 4 is 34.7 Å². The normalized spacial score (nSPS) is 18.1. The van der Waals surface area contributed by atoms with Gasteiger partial charge in [0.2, 0.25) is 0 Å². The molecule has 1 aliphatic heterocycles. The molecule has 2 aromatic carbocycles. The van der Waals surface area contributed by atoms with Gasteiger partial charge >= 0.3 is 0 Å². The highest BCUT2D eigenvalue weighted by molar-refractivity contribution is 6.52. The minimum atomic E-state index is -0.964. The fourth-order valence-corrected chi connectivity index (χ4v) is 3.67. The second-order valence-corrected chi connectivity index (χ2v) is 7.30. The molecule has 1 atom stereocenters. The maximum atomic E-state index is 13.3. The number of rotatable bonds is 3. The lowest BCUT2D eigenvalue weighted by Crippen LogP contribution is -2.30. The highest BCUT2D eigenvalue weighted by atomic mass is 35.5. The first-order valence-corrected chi connectivity index (χ1v) is 9.50. The number of aryl methyl sites for hydroxylation is 1. The Morgan fingerprint density at radius 3 is 2.50 bits per heavy atom. The van der Waals surface area contributed by atoms with Gasteiger partial charge in [-0.25, -0.2) is 4.39 Å². The van der Waals surface area contributed by atoms with Gasteiger partial charge in [-0.15, -0.1) is 0 Å². The van der Waals surface area contributed by atoms with E-state index >= 15 is 0 Å². The van der Waals surface area contributed by atoms with Crippen molar-refractivity contribution in [2.24, 2.45) is 0 Å². The maximum Gasteiger partial charge on any atom is 0.300 e. The zero-order chi connectivity index (χ0) is 21.4. The largest absolute Gasteiger partial charge is 0.507 e. The molecule has 2 heterocycles. The Balaban J connectivity index is 1.97. The Labute approximate surface area is 177 Å². The number of pyridine rings is 1. The van der Waals surface area contributed by atoms with E-state index in [0.29, 0.717) is 16.4 Å². The first kappa shape index (κ1) is 19.8. The molecule has 0 bridgehead atoms. The minimum absolute atomic E-state index is 0.121. The Kier molecular flexibility index (Phi) is 5.10. The Bertz CT molecular complexity index is 1180. The van der Waals surface area contributed by atoms with Gasteiger partial charge in [0, 0.05) is 22.5 Å². The van der Waals surface area contributed by atoms with Crippen LogP contribution in [0.3, 0.4) is 0 Å². The molecule has 7 heteroatoms. The second-order valence-electron chi connectivity index (χ2n) is 6.86. The smallest absolute Gasteiger partial charge is 0.300 e. The molecular formula is C23H16ClFN2O3. The lowest BCUT2D eigenvalue weighted by molar-refractivity contribution is -0.132. The summed E-state index contributed by atoms with van der Waals surface area (Å²) in [6.45, 7) is 1.79. The predicted octanol–water partition coefficient (Wildman–Crippen LogP) is 4.81. The average Bonchev–Trinajstić information content (AvgIpc) is 3.01. The molecule has 0 saturated carbocycles. The van der Waals surface area contributed by atoms with Crippen LogP contribution in [0, 0.1) is 12.7 Å². The third kappa shape index (κ3) is 3.35. The zero-order valence-corrected chi connectivity index (χ0v) is 16.6. The number of halogens is 2. The number of hydrogen-bond acceptors (Lipinski definition) is 4. The van der Waals surface area contributed by atoms with E-state index < -0.39 is 29.3 Å². The highest BCUT2D eigenvalue weighted by Gasteiger charge is 2.48. The monoisotopic (exact) mass is 422 g/mol. The Hall–Kier alpha value is -3.51. The number of benzene rings is 2. The van der Waals surface area contributed by atoms with Crippen molar-refractivity contribution in [2.75, 3.05) is 4.90 Å². The summed E-state index contributed by atoms with van der Waals surface area (Å²) >= 11 is 6.15. The van der Waals surface area contributed by atoms with Gasteiger partial charge in [-0.2, -0.15) is 0 Å². The van der Waals surface area contributed by atoms with E-state index in [0.717, 1.165) is 5.56 Å². The van der Waals surface area contributed by atoms with Crippen molar-refractivity contribution in [1.29, 1.82) is 0 Å². The van der Waals surface area contributed by atoms with Crippen molar-refractivity contribution < 1.29 is 19.1 Å². The molecular weight excluding hydrogens is 407 g/mol. The van der Waals surface area contributed by atoms with E-state index in [-0.39, 0.29) is 11.1 Å². The molecule has 4 rings (SSSR count). The molecule has 1 N–H and O–H groups in total. The maximum absolute atomic E-state index is 13.3. The van der Waals surface area contributed by atoms with Crippen LogP contribution in [0.4, 0.5) is 10.1 Å². The lowest BCUT2D eigenvalue weighted by Gasteiger charge is -2.26. The standard InChI is InChI=1S/C23H16ClFN2O3/c1-13-5-8-15(24)12-18(13)27-20(17-4-2-3-11-26-17)19(22(29)23(27)30)21(28)14-6-9-16(25)10-7-14/h2-12,20,28H,1H3/b21-19+. The summed E-state index contributed by atoms with van der Waals surface area (Å²) in [7, 11) is 0. The molecule has 0 spiro atoms. The van der Waals surface area contributed by atoms with Crippen molar-refractivity contribution in [3.63, 3.8) is 0 Å². The van der Waals surface area contributed by atoms with Crippen LogP contribution in [-0.2, 0) is 9.59 Å². The van der Waals surface area contributed by atoms with Gasteiger partial charge in [0.25, 0.3) is 11.7 Å². The van der Waals surface area contributed by atoms with Crippen LogP contribution < -0.4 is 4.90 Å². The third-order valence-corrected chi connectivity index (χ3v) is 5.20. The van der Waals surface area contributed by atoms with Gasteiger partial charge in [0.05, 0.1) is 11.3 Å². The van der Waals surface area contributed by atoms with Gasteiger partial charge in [-0.05, 0) is 61.0 Å². The SMILES string of the molecule is Cc1ccc(Cl)cc1N1C(=O)C(=O)/C(=C(/O)c2ccc(F)cc2)C1c1ccccn1. The number of aliphatic hydroxyl groups excluding tert-OH is 1. The fraction of sp³-hybridized carbons (Fsp3) is 0.0870. The van der Waals surface area contributed by atoms with Gasteiger partial charge in [-0.3, -0.25) is 19.5 Å². The van der Waals surface area contributed by atoms with Crippen molar-refractivity contribution in [1.82, 2.24) is 4.98 Å². The van der Waals surface area contributed by atoms with E-state index in [9.17, 15) is 19.1 Å². The second kappa shape index (κ2) is 7.72. The molecule has 5 nitrogen and oxygen atoms in total. The Morgan fingerprint density at radius 2 is 1.83 bits per heavy atom. The molecule has 1 unspecified atom stereocenters. The number of carbonyl (C=O) groups is 2. The summed E-state index contributed by atoms with van der Waals surface area (Å²) in [6.07, 6.45) is 1.54. The van der Waals surface area contributed by atoms with E-state index in [1.807, 2.05) is 0 Å². The van der Waals surface area contributed by atoms with E-state index in [1.54, 1.807) is 43.3 Å². The fourth-order valence-electron chi connectivity index (χ4n) is 3.50. The van der Waals surface area contributed by atoms with Crippen LogP contribution in [0.25, 0.3) is 5.76 Å².